The summed E-state index contributed by atoms with van der Waals surface area (Å²) in [6.07, 6.45) is 0.840. The molecular formula is C16H20N2O3. The normalized spacial score (nSPS) is 10.9. The number of aromatic carboxylic acids is 1. The number of nitrogens with zero attached hydrogens (tertiary/aromatic N) is 1. The van der Waals surface area contributed by atoms with E-state index in [4.69, 9.17) is 9.84 Å². The summed E-state index contributed by atoms with van der Waals surface area (Å²) in [6.45, 7) is 6.28. The van der Waals surface area contributed by atoms with Crippen molar-refractivity contribution in [3.05, 3.63) is 35.0 Å². The first-order valence-corrected chi connectivity index (χ1v) is 6.97. The van der Waals surface area contributed by atoms with Gasteiger partial charge in [-0.25, -0.2) is 4.79 Å². The lowest BCUT2D eigenvalue weighted by Gasteiger charge is -2.17. The van der Waals surface area contributed by atoms with Gasteiger partial charge in [-0.3, -0.25) is 5.10 Å². The van der Waals surface area contributed by atoms with E-state index < -0.39 is 5.97 Å². The first-order chi connectivity index (χ1) is 9.97. The van der Waals surface area contributed by atoms with Crippen molar-refractivity contribution in [2.24, 2.45) is 0 Å². The van der Waals surface area contributed by atoms with Gasteiger partial charge in [-0.15, -0.1) is 0 Å². The van der Waals surface area contributed by atoms with Crippen molar-refractivity contribution < 1.29 is 14.6 Å². The van der Waals surface area contributed by atoms with E-state index >= 15 is 0 Å². The maximum Gasteiger partial charge on any atom is 0.353 e. The van der Waals surface area contributed by atoms with Crippen LogP contribution < -0.4 is 4.74 Å². The van der Waals surface area contributed by atoms with Crippen molar-refractivity contribution >= 4 is 5.97 Å². The van der Waals surface area contributed by atoms with Crippen LogP contribution in [0.2, 0.25) is 0 Å². The molecule has 0 radical (unpaired) electrons. The molecule has 0 saturated carbocycles. The minimum Gasteiger partial charge on any atom is -0.496 e. The van der Waals surface area contributed by atoms with E-state index in [1.54, 1.807) is 13.2 Å². The van der Waals surface area contributed by atoms with Crippen molar-refractivity contribution in [2.75, 3.05) is 7.11 Å². The van der Waals surface area contributed by atoms with Gasteiger partial charge in [-0.1, -0.05) is 20.8 Å². The fourth-order valence-electron chi connectivity index (χ4n) is 2.38. The van der Waals surface area contributed by atoms with Gasteiger partial charge in [0.05, 0.1) is 12.8 Å². The molecule has 0 bridgehead atoms. The Morgan fingerprint density at radius 1 is 1.38 bits per heavy atom. The number of hydrogen-bond acceptors (Lipinski definition) is 3. The number of aryl methyl sites for hydroxylation is 1. The average Bonchev–Trinajstić information content (AvgIpc) is 2.95. The highest BCUT2D eigenvalue weighted by Crippen LogP contribution is 2.35. The number of rotatable bonds is 5. The lowest BCUT2D eigenvalue weighted by molar-refractivity contribution is 0.0690. The zero-order valence-corrected chi connectivity index (χ0v) is 12.7. The van der Waals surface area contributed by atoms with Crippen molar-refractivity contribution in [2.45, 2.75) is 33.1 Å². The van der Waals surface area contributed by atoms with Crippen LogP contribution in [0.4, 0.5) is 0 Å². The van der Waals surface area contributed by atoms with Crippen LogP contribution in [0.1, 0.15) is 48.3 Å². The van der Waals surface area contributed by atoms with Gasteiger partial charge in [-0.2, -0.15) is 5.10 Å². The third-order valence-electron chi connectivity index (χ3n) is 3.51. The van der Waals surface area contributed by atoms with E-state index in [1.807, 2.05) is 12.1 Å². The molecule has 2 aromatic rings. The Balaban J connectivity index is 2.58. The van der Waals surface area contributed by atoms with Crippen LogP contribution in [0, 0.1) is 0 Å². The SMILES string of the molecule is CCc1cc(-c2cc(C(=O)O)[nH]n2)cc(C(C)C)c1OC. The summed E-state index contributed by atoms with van der Waals surface area (Å²) < 4.78 is 5.54. The second-order valence-corrected chi connectivity index (χ2v) is 5.24. The van der Waals surface area contributed by atoms with Crippen LogP contribution in [0.3, 0.4) is 0 Å². The van der Waals surface area contributed by atoms with Crippen molar-refractivity contribution in [1.29, 1.82) is 0 Å². The quantitative estimate of drug-likeness (QED) is 0.883. The van der Waals surface area contributed by atoms with Gasteiger partial charge in [0.15, 0.2) is 0 Å². The second-order valence-electron chi connectivity index (χ2n) is 5.24. The summed E-state index contributed by atoms with van der Waals surface area (Å²) in [5.74, 6) is 0.204. The summed E-state index contributed by atoms with van der Waals surface area (Å²) in [5, 5.41) is 15.6. The highest BCUT2D eigenvalue weighted by atomic mass is 16.5. The molecule has 0 unspecified atom stereocenters. The Kier molecular flexibility index (Phi) is 4.31. The van der Waals surface area contributed by atoms with Gasteiger partial charge < -0.3 is 9.84 Å². The van der Waals surface area contributed by atoms with E-state index in [0.717, 1.165) is 28.9 Å². The molecule has 1 aromatic carbocycles. The first-order valence-electron chi connectivity index (χ1n) is 6.97. The van der Waals surface area contributed by atoms with Crippen LogP contribution in [-0.4, -0.2) is 28.4 Å². The molecule has 0 saturated heterocycles. The van der Waals surface area contributed by atoms with Gasteiger partial charge >= 0.3 is 5.97 Å². The molecule has 1 heterocycles. The highest BCUT2D eigenvalue weighted by molar-refractivity contribution is 5.87. The number of nitrogens with one attached hydrogen (secondary N) is 1. The van der Waals surface area contributed by atoms with E-state index in [2.05, 4.69) is 31.0 Å². The van der Waals surface area contributed by atoms with E-state index in [-0.39, 0.29) is 5.69 Å². The molecule has 0 aliphatic heterocycles. The number of carbonyl (C=O) groups is 1. The monoisotopic (exact) mass is 288 g/mol. The van der Waals surface area contributed by atoms with Crippen LogP contribution in [0.25, 0.3) is 11.3 Å². The predicted octanol–water partition coefficient (Wildman–Crippen LogP) is 3.47. The number of H-pyrrole nitrogens is 1. The standard InChI is InChI=1S/C16H20N2O3/c1-5-10-6-11(7-12(9(2)3)15(10)21-4)13-8-14(16(19)20)18-17-13/h6-9H,5H2,1-4H3,(H,17,18)(H,19,20). The van der Waals surface area contributed by atoms with Crippen molar-refractivity contribution in [3.63, 3.8) is 0 Å². The molecule has 0 aliphatic rings. The fraction of sp³-hybridized carbons (Fsp3) is 0.375. The maximum atomic E-state index is 11.0. The summed E-state index contributed by atoms with van der Waals surface area (Å²) >= 11 is 0. The van der Waals surface area contributed by atoms with Crippen molar-refractivity contribution in [3.8, 4) is 17.0 Å². The molecule has 112 valence electrons. The topological polar surface area (TPSA) is 75.2 Å². The van der Waals surface area contributed by atoms with Crippen LogP contribution in [0.5, 0.6) is 5.75 Å². The molecule has 0 spiro atoms. The van der Waals surface area contributed by atoms with Crippen LogP contribution >= 0.6 is 0 Å². The van der Waals surface area contributed by atoms with Gasteiger partial charge in [0.1, 0.15) is 11.4 Å². The summed E-state index contributed by atoms with van der Waals surface area (Å²) in [6, 6.07) is 5.57. The largest absolute Gasteiger partial charge is 0.496 e. The summed E-state index contributed by atoms with van der Waals surface area (Å²) in [4.78, 5) is 11.0. The number of methoxy groups -OCH3 is 1. The number of benzene rings is 1. The van der Waals surface area contributed by atoms with Crippen molar-refractivity contribution in [1.82, 2.24) is 10.2 Å². The lowest BCUT2D eigenvalue weighted by Crippen LogP contribution is -2.00. The molecule has 2 rings (SSSR count). The molecule has 0 atom stereocenters. The molecule has 1 aromatic heterocycles. The third-order valence-corrected chi connectivity index (χ3v) is 3.51. The Morgan fingerprint density at radius 3 is 2.57 bits per heavy atom. The lowest BCUT2D eigenvalue weighted by atomic mass is 9.94. The smallest absolute Gasteiger partial charge is 0.353 e. The third kappa shape index (κ3) is 2.91. The molecule has 0 amide bonds. The van der Waals surface area contributed by atoms with E-state index in [0.29, 0.717) is 11.6 Å². The van der Waals surface area contributed by atoms with Gasteiger partial charge in [0, 0.05) is 5.56 Å². The van der Waals surface area contributed by atoms with E-state index in [1.165, 1.54) is 0 Å². The van der Waals surface area contributed by atoms with Crippen LogP contribution in [0.15, 0.2) is 18.2 Å². The molecule has 0 aliphatic carbocycles. The number of aromatic nitrogens is 2. The molecular weight excluding hydrogens is 268 g/mol. The average molecular weight is 288 g/mol. The Hall–Kier alpha value is -2.30. The van der Waals surface area contributed by atoms with Crippen LogP contribution in [-0.2, 0) is 6.42 Å². The maximum absolute atomic E-state index is 11.0. The molecule has 5 nitrogen and oxygen atoms in total. The minimum absolute atomic E-state index is 0.0879. The molecule has 5 heteroatoms. The number of ether oxygens (including phenoxy) is 1. The summed E-state index contributed by atoms with van der Waals surface area (Å²) in [5.41, 5.74) is 3.82. The Morgan fingerprint density at radius 2 is 2.10 bits per heavy atom. The second kappa shape index (κ2) is 5.99. The number of hydrogen-bond donors (Lipinski definition) is 2. The molecule has 0 fully saturated rings. The fourth-order valence-corrected chi connectivity index (χ4v) is 2.38. The van der Waals surface area contributed by atoms with E-state index in [9.17, 15) is 4.79 Å². The van der Waals surface area contributed by atoms with Gasteiger partial charge in [0.25, 0.3) is 0 Å². The minimum atomic E-state index is -1.01. The van der Waals surface area contributed by atoms with Gasteiger partial charge in [-0.05, 0) is 41.7 Å². The zero-order chi connectivity index (χ0) is 15.6. The number of aromatic amines is 1. The Labute approximate surface area is 124 Å². The van der Waals surface area contributed by atoms with Gasteiger partial charge in [0.2, 0.25) is 0 Å². The zero-order valence-electron chi connectivity index (χ0n) is 12.7. The molecule has 21 heavy (non-hydrogen) atoms. The number of carboxylic acid groups (broad SMARTS) is 1. The highest BCUT2D eigenvalue weighted by Gasteiger charge is 2.16. The number of carboxylic acids is 1. The predicted molar refractivity (Wildman–Crippen MR) is 81.0 cm³/mol. The molecule has 2 N–H and O–H groups in total. The Bertz CT molecular complexity index is 660. The summed E-state index contributed by atoms with van der Waals surface area (Å²) in [7, 11) is 1.68. The first kappa shape index (κ1) is 15.1.